The zero-order valence-electron chi connectivity index (χ0n) is 14.2. The van der Waals surface area contributed by atoms with E-state index in [9.17, 15) is 4.79 Å². The van der Waals surface area contributed by atoms with Crippen LogP contribution in [0.4, 0.5) is 0 Å². The number of rotatable bonds is 13. The van der Waals surface area contributed by atoms with Crippen LogP contribution in [0.3, 0.4) is 0 Å². The Morgan fingerprint density at radius 1 is 1.06 bits per heavy atom. The smallest absolute Gasteiger partial charge is 0.146 e. The Bertz CT molecular complexity index is 260. The second-order valence-electron chi connectivity index (χ2n) is 3.54. The number of carbonyl (C=O) groups is 1. The molecule has 0 heterocycles. The van der Waals surface area contributed by atoms with Gasteiger partial charge in [-0.15, -0.1) is 0 Å². The Balaban J connectivity index is 3.78. The molecule has 0 aliphatic heterocycles. The summed E-state index contributed by atoms with van der Waals surface area (Å²) in [6.45, 7) is 0.917. The minimum Gasteiger partial charge on any atom is -0.359 e. The first-order valence-corrected chi connectivity index (χ1v) is 5.88. The molecule has 0 spiro atoms. The van der Waals surface area contributed by atoms with Crippen LogP contribution in [0.25, 0.3) is 0 Å². The van der Waals surface area contributed by atoms with Gasteiger partial charge in [0, 0.05) is 25.6 Å². The number of unbranched alkanes of at least 4 members (excludes halogenated alkanes) is 3. The highest BCUT2D eigenvalue weighted by atomic mass is 16.7. The fraction of sp³-hybridized carbons (Fsp3) is 0.923. The summed E-state index contributed by atoms with van der Waals surface area (Å²) in [4.78, 5) is 10.3. The summed E-state index contributed by atoms with van der Waals surface area (Å²) >= 11 is 0. The highest BCUT2D eigenvalue weighted by Crippen LogP contribution is 2.09. The largest absolute Gasteiger partial charge is 0.359 e. The molecule has 0 bridgehead atoms. The maximum atomic E-state index is 10.3. The molecule has 0 saturated carbocycles. The predicted octanol–water partition coefficient (Wildman–Crippen LogP) is 3.32. The molecule has 0 aromatic heterocycles. The predicted molar refractivity (Wildman–Crippen MR) is 65.4 cm³/mol. The molecule has 16 heavy (non-hydrogen) atoms. The number of hydrogen-bond donors (Lipinski definition) is 0. The summed E-state index contributed by atoms with van der Waals surface area (Å²) in [7, 11) is 1.57. The van der Waals surface area contributed by atoms with Crippen LogP contribution >= 0.6 is 0 Å². The minimum atomic E-state index is -1.95. The van der Waals surface area contributed by atoms with E-state index in [0.717, 1.165) is 19.3 Å². The van der Waals surface area contributed by atoms with E-state index in [1.165, 1.54) is 0 Å². The molecule has 0 aromatic rings. The lowest BCUT2D eigenvalue weighted by molar-refractivity contribution is -0.107. The standard InChI is InChI=1S/C13H26O3/c1-15-13-16-12-10-8-6-4-2-3-5-7-9-11-14/h11H,2-10,12-13H2,1H3/i3D2,5D2. The zero-order valence-corrected chi connectivity index (χ0v) is 10.2. The van der Waals surface area contributed by atoms with Crippen LogP contribution in [0.5, 0.6) is 0 Å². The molecule has 0 aliphatic carbocycles. The maximum absolute atomic E-state index is 10.3. The van der Waals surface area contributed by atoms with Gasteiger partial charge in [0.05, 0.1) is 0 Å². The van der Waals surface area contributed by atoms with E-state index < -0.39 is 12.7 Å². The second-order valence-corrected chi connectivity index (χ2v) is 3.54. The van der Waals surface area contributed by atoms with Gasteiger partial charge in [0.15, 0.2) is 0 Å². The van der Waals surface area contributed by atoms with Gasteiger partial charge in [-0.1, -0.05) is 38.4 Å². The lowest BCUT2D eigenvalue weighted by Crippen LogP contribution is -1.98. The Kier molecular flexibility index (Phi) is 8.76. The summed E-state index contributed by atoms with van der Waals surface area (Å²) in [6, 6.07) is 0. The van der Waals surface area contributed by atoms with Crippen molar-refractivity contribution in [2.75, 3.05) is 20.5 Å². The third kappa shape index (κ3) is 13.6. The van der Waals surface area contributed by atoms with Gasteiger partial charge < -0.3 is 14.3 Å². The number of carbonyl (C=O) groups excluding carboxylic acids is 1. The third-order valence-corrected chi connectivity index (χ3v) is 2.05. The van der Waals surface area contributed by atoms with Gasteiger partial charge in [0.1, 0.15) is 13.1 Å². The first-order valence-electron chi connectivity index (χ1n) is 7.88. The first-order chi connectivity index (χ1) is 9.37. The molecule has 0 rings (SSSR count). The topological polar surface area (TPSA) is 35.5 Å². The molecule has 3 nitrogen and oxygen atoms in total. The van der Waals surface area contributed by atoms with E-state index in [1.54, 1.807) is 7.11 Å². The summed E-state index contributed by atoms with van der Waals surface area (Å²) in [6.07, 6.45) is 0.278. The number of ether oxygens (including phenoxy) is 2. The van der Waals surface area contributed by atoms with Gasteiger partial charge >= 0.3 is 0 Å². The lowest BCUT2D eigenvalue weighted by Gasteiger charge is -2.03. The molecule has 0 saturated heterocycles. The summed E-state index contributed by atoms with van der Waals surface area (Å²) in [5.74, 6) is 0. The Labute approximate surface area is 105 Å². The second kappa shape index (κ2) is 14.6. The summed E-state index contributed by atoms with van der Waals surface area (Å²) in [5, 5.41) is 0. The molecular weight excluding hydrogens is 204 g/mol. The molecule has 0 unspecified atom stereocenters. The fourth-order valence-electron chi connectivity index (χ4n) is 1.22. The summed E-state index contributed by atoms with van der Waals surface area (Å²) < 4.78 is 41.0. The van der Waals surface area contributed by atoms with Gasteiger partial charge in [-0.05, 0) is 12.8 Å². The normalized spacial score (nSPS) is 16.1. The van der Waals surface area contributed by atoms with E-state index in [0.29, 0.717) is 26.1 Å². The zero-order chi connectivity index (χ0) is 15.5. The number of methoxy groups -OCH3 is 1. The Hall–Kier alpha value is -0.410. The molecule has 0 atom stereocenters. The molecule has 0 fully saturated rings. The van der Waals surface area contributed by atoms with Crippen molar-refractivity contribution in [1.82, 2.24) is 0 Å². The summed E-state index contributed by atoms with van der Waals surface area (Å²) in [5.41, 5.74) is 0. The van der Waals surface area contributed by atoms with Gasteiger partial charge in [-0.3, -0.25) is 0 Å². The molecule has 0 radical (unpaired) electrons. The van der Waals surface area contributed by atoms with Crippen LogP contribution < -0.4 is 0 Å². The molecule has 0 N–H and O–H groups in total. The fourth-order valence-corrected chi connectivity index (χ4v) is 1.22. The Morgan fingerprint density at radius 3 is 2.50 bits per heavy atom. The minimum absolute atomic E-state index is 0.0589. The van der Waals surface area contributed by atoms with E-state index >= 15 is 0 Å². The number of aldehydes is 1. The number of hydrogen-bond acceptors (Lipinski definition) is 3. The van der Waals surface area contributed by atoms with Crippen molar-refractivity contribution in [2.24, 2.45) is 0 Å². The molecule has 0 amide bonds. The van der Waals surface area contributed by atoms with Crippen molar-refractivity contribution in [3.63, 3.8) is 0 Å². The van der Waals surface area contributed by atoms with Gasteiger partial charge in [0.25, 0.3) is 0 Å². The average molecular weight is 234 g/mol. The van der Waals surface area contributed by atoms with Crippen molar-refractivity contribution >= 4 is 6.29 Å². The molecule has 96 valence electrons. The lowest BCUT2D eigenvalue weighted by atomic mass is 10.1. The van der Waals surface area contributed by atoms with E-state index in [4.69, 9.17) is 15.0 Å². The van der Waals surface area contributed by atoms with E-state index in [1.807, 2.05) is 0 Å². The average Bonchev–Trinajstić information content (AvgIpc) is 2.39. The van der Waals surface area contributed by atoms with Crippen molar-refractivity contribution in [2.45, 2.75) is 57.7 Å². The van der Waals surface area contributed by atoms with E-state index in [2.05, 4.69) is 0 Å². The quantitative estimate of drug-likeness (QED) is 0.278. The first kappa shape index (κ1) is 9.60. The van der Waals surface area contributed by atoms with Crippen molar-refractivity contribution in [1.29, 1.82) is 0 Å². The van der Waals surface area contributed by atoms with Crippen molar-refractivity contribution in [3.8, 4) is 0 Å². The van der Waals surface area contributed by atoms with Crippen LogP contribution in [0.1, 0.15) is 63.2 Å². The highest BCUT2D eigenvalue weighted by Gasteiger charge is 1.92. The van der Waals surface area contributed by atoms with Crippen LogP contribution in [0.15, 0.2) is 0 Å². The van der Waals surface area contributed by atoms with Gasteiger partial charge in [-0.2, -0.15) is 0 Å². The third-order valence-electron chi connectivity index (χ3n) is 2.05. The Morgan fingerprint density at radius 2 is 1.75 bits per heavy atom. The SMILES string of the molecule is [2H]C([2H])(CCC=O)C([2H])([2H])CCCCCCOCOC. The van der Waals surface area contributed by atoms with Crippen LogP contribution in [-0.2, 0) is 14.3 Å². The molecule has 0 aromatic carbocycles. The molecular formula is C13H26O3. The van der Waals surface area contributed by atoms with Crippen LogP contribution in [0.2, 0.25) is 0 Å². The van der Waals surface area contributed by atoms with Gasteiger partial charge in [-0.25, -0.2) is 0 Å². The molecule has 3 heteroatoms. The van der Waals surface area contributed by atoms with Crippen molar-refractivity contribution < 1.29 is 19.8 Å². The van der Waals surface area contributed by atoms with E-state index in [-0.39, 0.29) is 19.3 Å². The van der Waals surface area contributed by atoms with Crippen LogP contribution in [0, 0.1) is 0 Å². The molecule has 0 aliphatic rings. The van der Waals surface area contributed by atoms with Crippen LogP contribution in [-0.4, -0.2) is 26.8 Å². The van der Waals surface area contributed by atoms with Gasteiger partial charge in [0.2, 0.25) is 0 Å². The van der Waals surface area contributed by atoms with Crippen molar-refractivity contribution in [3.05, 3.63) is 0 Å². The maximum Gasteiger partial charge on any atom is 0.146 e. The highest BCUT2D eigenvalue weighted by molar-refractivity contribution is 5.48. The monoisotopic (exact) mass is 234 g/mol.